The van der Waals surface area contributed by atoms with Crippen molar-refractivity contribution < 1.29 is 14.3 Å². The van der Waals surface area contributed by atoms with E-state index in [0.29, 0.717) is 37.1 Å². The minimum atomic E-state index is 0.161. The lowest BCUT2D eigenvalue weighted by Crippen LogP contribution is -2.43. The molecule has 3 heterocycles. The van der Waals surface area contributed by atoms with Crippen molar-refractivity contribution in [3.05, 3.63) is 23.8 Å². The second-order valence-electron chi connectivity index (χ2n) is 7.48. The molecule has 5 rings (SSSR count). The Morgan fingerprint density at radius 3 is 2.83 bits per heavy atom. The van der Waals surface area contributed by atoms with Crippen molar-refractivity contribution in [3.63, 3.8) is 0 Å². The van der Waals surface area contributed by atoms with Crippen LogP contribution in [0.1, 0.15) is 37.2 Å². The second-order valence-corrected chi connectivity index (χ2v) is 7.48. The van der Waals surface area contributed by atoms with Gasteiger partial charge in [-0.3, -0.25) is 4.79 Å². The number of hydrogen-bond donors (Lipinski definition) is 1. The predicted octanol–water partition coefficient (Wildman–Crippen LogP) is 1.91. The predicted molar refractivity (Wildman–Crippen MR) is 89.4 cm³/mol. The standard InChI is InChI=1S/C19H24N2O3/c22-19(21-13-2-3-14(21)11-20-6-5-13)16-10-15(16)12-1-4-17-18(9-12)24-8-7-23-17/h1,4,9,13-16,20H,2-3,5-8,10-11H2. The molecule has 0 radical (unpaired) electrons. The monoisotopic (exact) mass is 328 g/mol. The number of fused-ring (bicyclic) bond motifs is 3. The van der Waals surface area contributed by atoms with Crippen molar-refractivity contribution in [2.45, 2.75) is 43.7 Å². The summed E-state index contributed by atoms with van der Waals surface area (Å²) in [7, 11) is 0. The first-order chi connectivity index (χ1) is 11.8. The zero-order valence-corrected chi connectivity index (χ0v) is 13.9. The van der Waals surface area contributed by atoms with Gasteiger partial charge in [0.2, 0.25) is 5.91 Å². The van der Waals surface area contributed by atoms with E-state index < -0.39 is 0 Å². The highest BCUT2D eigenvalue weighted by molar-refractivity contribution is 5.84. The minimum absolute atomic E-state index is 0.161. The van der Waals surface area contributed by atoms with Gasteiger partial charge in [-0.05, 0) is 55.8 Å². The van der Waals surface area contributed by atoms with Gasteiger partial charge in [-0.1, -0.05) is 6.07 Å². The van der Waals surface area contributed by atoms with Gasteiger partial charge in [-0.25, -0.2) is 0 Å². The van der Waals surface area contributed by atoms with E-state index in [9.17, 15) is 4.79 Å². The molecule has 4 unspecified atom stereocenters. The molecule has 1 aromatic rings. The summed E-state index contributed by atoms with van der Waals surface area (Å²) >= 11 is 0. The van der Waals surface area contributed by atoms with Gasteiger partial charge in [0, 0.05) is 24.5 Å². The summed E-state index contributed by atoms with van der Waals surface area (Å²) in [6, 6.07) is 7.03. The molecule has 2 saturated heterocycles. The number of benzene rings is 1. The van der Waals surface area contributed by atoms with Gasteiger partial charge in [0.05, 0.1) is 0 Å². The Hall–Kier alpha value is -1.75. The van der Waals surface area contributed by atoms with Crippen molar-refractivity contribution in [1.29, 1.82) is 0 Å². The number of amides is 1. The summed E-state index contributed by atoms with van der Waals surface area (Å²) in [5.74, 6) is 2.55. The highest BCUT2D eigenvalue weighted by atomic mass is 16.6. The van der Waals surface area contributed by atoms with Gasteiger partial charge in [0.15, 0.2) is 11.5 Å². The molecule has 1 amide bonds. The van der Waals surface area contributed by atoms with E-state index in [1.807, 2.05) is 6.07 Å². The first kappa shape index (κ1) is 14.6. The van der Waals surface area contributed by atoms with E-state index in [1.54, 1.807) is 0 Å². The Morgan fingerprint density at radius 1 is 1.08 bits per heavy atom. The summed E-state index contributed by atoms with van der Waals surface area (Å²) in [6.45, 7) is 3.22. The molecule has 0 aromatic heterocycles. The van der Waals surface area contributed by atoms with Crippen LogP contribution in [0.25, 0.3) is 0 Å². The quantitative estimate of drug-likeness (QED) is 0.901. The SMILES string of the molecule is O=C(C1CC1c1ccc2c(c1)OCCO2)N1C2CCNCC1CC2. The molecule has 0 spiro atoms. The Labute approximate surface area is 142 Å². The van der Waals surface area contributed by atoms with Crippen molar-refractivity contribution in [1.82, 2.24) is 10.2 Å². The number of rotatable bonds is 2. The van der Waals surface area contributed by atoms with Crippen molar-refractivity contribution >= 4 is 5.91 Å². The van der Waals surface area contributed by atoms with Gasteiger partial charge in [0.1, 0.15) is 13.2 Å². The molecular formula is C19H24N2O3. The van der Waals surface area contributed by atoms with E-state index in [1.165, 1.54) is 12.0 Å². The lowest BCUT2D eigenvalue weighted by Gasteiger charge is -2.28. The fraction of sp³-hybridized carbons (Fsp3) is 0.632. The average molecular weight is 328 g/mol. The maximum atomic E-state index is 13.1. The van der Waals surface area contributed by atoms with Crippen LogP contribution in [0.2, 0.25) is 0 Å². The molecular weight excluding hydrogens is 304 g/mol. The lowest BCUT2D eigenvalue weighted by molar-refractivity contribution is -0.135. The zero-order valence-electron chi connectivity index (χ0n) is 13.9. The Bertz CT molecular complexity index is 648. The van der Waals surface area contributed by atoms with Crippen LogP contribution in [-0.2, 0) is 4.79 Å². The van der Waals surface area contributed by atoms with Crippen LogP contribution in [0.5, 0.6) is 11.5 Å². The first-order valence-electron chi connectivity index (χ1n) is 9.24. The molecule has 1 saturated carbocycles. The number of ether oxygens (including phenoxy) is 2. The summed E-state index contributed by atoms with van der Waals surface area (Å²) in [5, 5.41) is 3.48. The zero-order chi connectivity index (χ0) is 16.1. The van der Waals surface area contributed by atoms with E-state index >= 15 is 0 Å². The van der Waals surface area contributed by atoms with Crippen LogP contribution < -0.4 is 14.8 Å². The number of nitrogens with one attached hydrogen (secondary N) is 1. The van der Waals surface area contributed by atoms with Gasteiger partial charge in [-0.15, -0.1) is 0 Å². The van der Waals surface area contributed by atoms with Crippen molar-refractivity contribution in [2.75, 3.05) is 26.3 Å². The van der Waals surface area contributed by atoms with Crippen molar-refractivity contribution in [3.8, 4) is 11.5 Å². The minimum Gasteiger partial charge on any atom is -0.486 e. The van der Waals surface area contributed by atoms with Crippen LogP contribution in [0.4, 0.5) is 0 Å². The third kappa shape index (κ3) is 2.37. The van der Waals surface area contributed by atoms with Crippen LogP contribution in [-0.4, -0.2) is 49.2 Å². The van der Waals surface area contributed by atoms with Crippen LogP contribution >= 0.6 is 0 Å². The largest absolute Gasteiger partial charge is 0.486 e. The fourth-order valence-electron chi connectivity index (χ4n) is 4.66. The molecule has 3 fully saturated rings. The van der Waals surface area contributed by atoms with E-state index in [0.717, 1.165) is 43.9 Å². The maximum absolute atomic E-state index is 13.1. The number of hydrogen-bond acceptors (Lipinski definition) is 4. The molecule has 1 aromatic carbocycles. The van der Waals surface area contributed by atoms with Gasteiger partial charge < -0.3 is 19.7 Å². The Balaban J connectivity index is 1.32. The summed E-state index contributed by atoms with van der Waals surface area (Å²) in [4.78, 5) is 15.3. The molecule has 1 aliphatic carbocycles. The molecule has 24 heavy (non-hydrogen) atoms. The summed E-state index contributed by atoms with van der Waals surface area (Å²) in [5.41, 5.74) is 1.22. The lowest BCUT2D eigenvalue weighted by atomic mass is 10.1. The van der Waals surface area contributed by atoms with Crippen LogP contribution in [0.3, 0.4) is 0 Å². The molecule has 2 bridgehead atoms. The smallest absolute Gasteiger partial charge is 0.226 e. The molecule has 4 atom stereocenters. The van der Waals surface area contributed by atoms with Gasteiger partial charge >= 0.3 is 0 Å². The van der Waals surface area contributed by atoms with Crippen LogP contribution in [0.15, 0.2) is 18.2 Å². The molecule has 1 N–H and O–H groups in total. The maximum Gasteiger partial charge on any atom is 0.226 e. The summed E-state index contributed by atoms with van der Waals surface area (Å²) < 4.78 is 11.3. The third-order valence-corrected chi connectivity index (χ3v) is 6.01. The topological polar surface area (TPSA) is 50.8 Å². The Morgan fingerprint density at radius 2 is 1.92 bits per heavy atom. The highest BCUT2D eigenvalue weighted by Gasteiger charge is 2.50. The summed E-state index contributed by atoms with van der Waals surface area (Å²) in [6.07, 6.45) is 4.41. The average Bonchev–Trinajstić information content (AvgIpc) is 3.33. The highest BCUT2D eigenvalue weighted by Crippen LogP contribution is 2.51. The number of nitrogens with zero attached hydrogens (tertiary/aromatic N) is 1. The first-order valence-corrected chi connectivity index (χ1v) is 9.24. The molecule has 3 aliphatic heterocycles. The third-order valence-electron chi connectivity index (χ3n) is 6.01. The van der Waals surface area contributed by atoms with E-state index in [4.69, 9.17) is 9.47 Å². The van der Waals surface area contributed by atoms with Gasteiger partial charge in [0.25, 0.3) is 0 Å². The molecule has 5 heteroatoms. The normalized spacial score (nSPS) is 33.9. The molecule has 5 nitrogen and oxygen atoms in total. The Kier molecular flexibility index (Phi) is 3.44. The van der Waals surface area contributed by atoms with E-state index in [-0.39, 0.29) is 5.92 Å². The van der Waals surface area contributed by atoms with Crippen LogP contribution in [0, 0.1) is 5.92 Å². The van der Waals surface area contributed by atoms with E-state index in [2.05, 4.69) is 22.3 Å². The molecule has 128 valence electrons. The fourth-order valence-corrected chi connectivity index (χ4v) is 4.66. The molecule has 4 aliphatic rings. The number of carbonyl (C=O) groups is 1. The van der Waals surface area contributed by atoms with Gasteiger partial charge in [-0.2, -0.15) is 0 Å². The van der Waals surface area contributed by atoms with Crippen molar-refractivity contribution in [2.24, 2.45) is 5.92 Å². The number of carbonyl (C=O) groups excluding carboxylic acids is 1. The second kappa shape index (κ2) is 5.66.